The van der Waals surface area contributed by atoms with Gasteiger partial charge in [-0.25, -0.2) is 0 Å². The Labute approximate surface area is 77.0 Å². The summed E-state index contributed by atoms with van der Waals surface area (Å²) in [5, 5.41) is 12.0. The van der Waals surface area contributed by atoms with E-state index in [2.05, 4.69) is 10.0 Å². The van der Waals surface area contributed by atoms with Gasteiger partial charge in [0.25, 0.3) is 0 Å². The Hall–Kier alpha value is -1.26. The van der Waals surface area contributed by atoms with Crippen molar-refractivity contribution in [3.63, 3.8) is 0 Å². The van der Waals surface area contributed by atoms with E-state index >= 15 is 0 Å². The first-order valence-corrected chi connectivity index (χ1v) is 3.91. The van der Waals surface area contributed by atoms with Crippen molar-refractivity contribution in [2.24, 2.45) is 5.11 Å². The number of hydrogen-bond donors (Lipinski definition) is 1. The molecule has 0 amide bonds. The summed E-state index contributed by atoms with van der Waals surface area (Å²) < 4.78 is 0.580. The third kappa shape index (κ3) is 7.11. The van der Waals surface area contributed by atoms with E-state index in [1.807, 2.05) is 21.1 Å². The molecule has 6 nitrogen and oxygen atoms in total. The number of carboxylic acid groups (broad SMARTS) is 1. The van der Waals surface area contributed by atoms with E-state index in [-0.39, 0.29) is 6.42 Å². The second kappa shape index (κ2) is 4.69. The van der Waals surface area contributed by atoms with Crippen LogP contribution in [0.2, 0.25) is 0 Å². The fourth-order valence-corrected chi connectivity index (χ4v) is 1.05. The molecule has 0 saturated carbocycles. The van der Waals surface area contributed by atoms with Gasteiger partial charge < -0.3 is 9.59 Å². The van der Waals surface area contributed by atoms with Gasteiger partial charge in [-0.2, -0.15) is 0 Å². The fourth-order valence-electron chi connectivity index (χ4n) is 1.05. The summed E-state index contributed by atoms with van der Waals surface area (Å²) in [5.41, 5.74) is 8.20. The molecular formula is C7H15N4O2+. The van der Waals surface area contributed by atoms with Crippen LogP contribution in [-0.2, 0) is 4.79 Å². The molecule has 1 unspecified atom stereocenters. The molecule has 13 heavy (non-hydrogen) atoms. The van der Waals surface area contributed by atoms with E-state index in [9.17, 15) is 4.79 Å². The summed E-state index contributed by atoms with van der Waals surface area (Å²) in [5.74, 6) is -0.939. The van der Waals surface area contributed by atoms with Gasteiger partial charge in [0.05, 0.1) is 40.2 Å². The molecule has 0 aliphatic carbocycles. The number of hydrogen-bond acceptors (Lipinski definition) is 2. The number of likely N-dealkylation sites (N-methyl/N-ethyl adjacent to an activating group) is 1. The highest BCUT2D eigenvalue weighted by Gasteiger charge is 2.19. The van der Waals surface area contributed by atoms with Crippen molar-refractivity contribution < 1.29 is 14.4 Å². The molecule has 0 saturated heterocycles. The van der Waals surface area contributed by atoms with Crippen LogP contribution in [0.3, 0.4) is 0 Å². The van der Waals surface area contributed by atoms with Crippen molar-refractivity contribution in [1.29, 1.82) is 0 Å². The van der Waals surface area contributed by atoms with Gasteiger partial charge in [0.1, 0.15) is 0 Å². The largest absolute Gasteiger partial charge is 0.481 e. The maximum Gasteiger partial charge on any atom is 0.303 e. The van der Waals surface area contributed by atoms with Gasteiger partial charge in [-0.15, -0.1) is 0 Å². The summed E-state index contributed by atoms with van der Waals surface area (Å²) in [4.78, 5) is 13.0. The van der Waals surface area contributed by atoms with Crippen LogP contribution in [-0.4, -0.2) is 49.3 Å². The van der Waals surface area contributed by atoms with E-state index < -0.39 is 12.0 Å². The zero-order chi connectivity index (χ0) is 10.5. The number of carboxylic acids is 1. The Kier molecular flexibility index (Phi) is 4.23. The van der Waals surface area contributed by atoms with Gasteiger partial charge >= 0.3 is 5.97 Å². The van der Waals surface area contributed by atoms with E-state index in [1.165, 1.54) is 0 Å². The molecule has 6 heteroatoms. The molecule has 0 aromatic heterocycles. The first-order chi connectivity index (χ1) is 5.85. The molecule has 0 fully saturated rings. The molecule has 74 valence electrons. The Bertz CT molecular complexity index is 227. The predicted molar refractivity (Wildman–Crippen MR) is 48.1 cm³/mol. The molecule has 0 aromatic carbocycles. The average molecular weight is 187 g/mol. The second-order valence-corrected chi connectivity index (χ2v) is 3.93. The van der Waals surface area contributed by atoms with E-state index in [0.29, 0.717) is 11.0 Å². The minimum Gasteiger partial charge on any atom is -0.481 e. The van der Waals surface area contributed by atoms with Gasteiger partial charge in [-0.1, -0.05) is 5.11 Å². The molecule has 0 aliphatic heterocycles. The van der Waals surface area contributed by atoms with Crippen LogP contribution >= 0.6 is 0 Å². The minimum absolute atomic E-state index is 0.112. The molecule has 0 rings (SSSR count). The van der Waals surface area contributed by atoms with E-state index in [1.54, 1.807) is 0 Å². The summed E-state index contributed by atoms with van der Waals surface area (Å²) in [6.45, 7) is 0.524. The second-order valence-electron chi connectivity index (χ2n) is 3.93. The summed E-state index contributed by atoms with van der Waals surface area (Å²) in [6.07, 6.45) is -0.112. The number of quaternary nitrogens is 1. The lowest BCUT2D eigenvalue weighted by Gasteiger charge is -2.26. The van der Waals surface area contributed by atoms with Gasteiger partial charge in [-0.3, -0.25) is 4.79 Å². The number of azide groups is 1. The molecular weight excluding hydrogens is 172 g/mol. The molecule has 1 N–H and O–H groups in total. The number of carbonyl (C=O) groups is 1. The molecule has 0 aliphatic rings. The Balaban J connectivity index is 4.26. The Morgan fingerprint density at radius 2 is 2.15 bits per heavy atom. The van der Waals surface area contributed by atoms with Gasteiger partial charge in [0, 0.05) is 4.91 Å². The normalized spacial score (nSPS) is 13.2. The molecule has 0 radical (unpaired) electrons. The van der Waals surface area contributed by atoms with Crippen LogP contribution < -0.4 is 0 Å². The van der Waals surface area contributed by atoms with Gasteiger partial charge in [0.15, 0.2) is 0 Å². The van der Waals surface area contributed by atoms with Crippen LogP contribution in [0.15, 0.2) is 5.11 Å². The average Bonchev–Trinajstić information content (AvgIpc) is 1.81. The summed E-state index contributed by atoms with van der Waals surface area (Å²) >= 11 is 0. The molecule has 0 bridgehead atoms. The van der Waals surface area contributed by atoms with Gasteiger partial charge in [-0.05, 0) is 5.53 Å². The van der Waals surface area contributed by atoms with E-state index in [4.69, 9.17) is 10.6 Å². The van der Waals surface area contributed by atoms with Crippen molar-refractivity contribution in [2.75, 3.05) is 27.7 Å². The molecule has 0 spiro atoms. The SMILES string of the molecule is C[N+](C)(C)CC(CC(=O)O)N=[N+]=[N-]. The fraction of sp³-hybridized carbons (Fsp3) is 0.857. The smallest absolute Gasteiger partial charge is 0.303 e. The lowest BCUT2D eigenvalue weighted by molar-refractivity contribution is -0.871. The lowest BCUT2D eigenvalue weighted by atomic mass is 10.2. The molecule has 0 heterocycles. The monoisotopic (exact) mass is 187 g/mol. The van der Waals surface area contributed by atoms with Crippen molar-refractivity contribution in [2.45, 2.75) is 12.5 Å². The quantitative estimate of drug-likeness (QED) is 0.299. The summed E-state index contributed by atoms with van der Waals surface area (Å²) in [7, 11) is 5.76. The lowest BCUT2D eigenvalue weighted by Crippen LogP contribution is -2.41. The zero-order valence-corrected chi connectivity index (χ0v) is 8.14. The highest BCUT2D eigenvalue weighted by molar-refractivity contribution is 5.67. The van der Waals surface area contributed by atoms with Crippen LogP contribution in [0.4, 0.5) is 0 Å². The highest BCUT2D eigenvalue weighted by atomic mass is 16.4. The maximum absolute atomic E-state index is 10.4. The molecule has 1 atom stereocenters. The highest BCUT2D eigenvalue weighted by Crippen LogP contribution is 2.04. The third-order valence-electron chi connectivity index (χ3n) is 1.38. The zero-order valence-electron chi connectivity index (χ0n) is 8.14. The van der Waals surface area contributed by atoms with Crippen LogP contribution in [0, 0.1) is 0 Å². The van der Waals surface area contributed by atoms with Crippen LogP contribution in [0.1, 0.15) is 6.42 Å². The van der Waals surface area contributed by atoms with Gasteiger partial charge in [0.2, 0.25) is 0 Å². The standard InChI is InChI=1S/C7H14N4O2/c1-11(2,3)5-6(9-10-8)4-7(12)13/h6H,4-5H2,1-3H3/p+1. The third-order valence-corrected chi connectivity index (χ3v) is 1.38. The van der Waals surface area contributed by atoms with Crippen molar-refractivity contribution in [3.8, 4) is 0 Å². The first kappa shape index (κ1) is 11.7. The van der Waals surface area contributed by atoms with Crippen LogP contribution in [0.25, 0.3) is 10.4 Å². The van der Waals surface area contributed by atoms with Crippen molar-refractivity contribution in [3.05, 3.63) is 10.4 Å². The number of nitrogens with zero attached hydrogens (tertiary/aromatic N) is 4. The van der Waals surface area contributed by atoms with Crippen molar-refractivity contribution in [1.82, 2.24) is 0 Å². The first-order valence-electron chi connectivity index (χ1n) is 3.91. The minimum atomic E-state index is -0.939. The maximum atomic E-state index is 10.4. The number of aliphatic carboxylic acids is 1. The summed E-state index contributed by atoms with van der Waals surface area (Å²) in [6, 6.07) is -0.470. The topological polar surface area (TPSA) is 86.1 Å². The van der Waals surface area contributed by atoms with Crippen LogP contribution in [0.5, 0.6) is 0 Å². The van der Waals surface area contributed by atoms with Crippen molar-refractivity contribution >= 4 is 5.97 Å². The Morgan fingerprint density at radius 3 is 2.46 bits per heavy atom. The molecule has 0 aromatic rings. The Morgan fingerprint density at radius 1 is 1.62 bits per heavy atom. The predicted octanol–water partition coefficient (Wildman–Crippen LogP) is 0.846. The number of rotatable bonds is 5. The van der Waals surface area contributed by atoms with E-state index in [0.717, 1.165) is 0 Å².